The number of nitrogens with zero attached hydrogens (tertiary/aromatic N) is 1. The molecule has 4 nitrogen and oxygen atoms in total. The summed E-state index contributed by atoms with van der Waals surface area (Å²) in [6, 6.07) is 8.70. The van der Waals surface area contributed by atoms with Crippen molar-refractivity contribution >= 4 is 16.7 Å². The van der Waals surface area contributed by atoms with Crippen LogP contribution in [0, 0.1) is 6.07 Å². The molecule has 1 radical (unpaired) electrons. The highest BCUT2D eigenvalue weighted by atomic mass is 15.2. The Kier molecular flexibility index (Phi) is 2.14. The fourth-order valence-electron chi connectivity index (χ4n) is 1.23. The van der Waals surface area contributed by atoms with Gasteiger partial charge in [-0.15, -0.1) is 0 Å². The number of benzene rings is 1. The molecular weight excluding hydrogens is 164 g/mol. The lowest BCUT2D eigenvalue weighted by Crippen LogP contribution is -2.13. The Hall–Kier alpha value is -1.55. The summed E-state index contributed by atoms with van der Waals surface area (Å²) in [6.45, 7) is 1.33. The second-order valence-electron chi connectivity index (χ2n) is 2.76. The molecule has 0 spiro atoms. The fourth-order valence-corrected chi connectivity index (χ4v) is 1.23. The number of fused-ring (bicyclic) bond motifs is 1. The van der Waals surface area contributed by atoms with Crippen LogP contribution in [0.25, 0.3) is 10.9 Å². The minimum atomic E-state index is 0.602. The fraction of sp³-hybridized carbons (Fsp3) is 0.222. The molecule has 0 aliphatic carbocycles. The Labute approximate surface area is 76.1 Å². The summed E-state index contributed by atoms with van der Waals surface area (Å²) >= 11 is 0. The third kappa shape index (κ3) is 1.48. The van der Waals surface area contributed by atoms with Crippen molar-refractivity contribution in [1.82, 2.24) is 10.2 Å². The van der Waals surface area contributed by atoms with Crippen LogP contribution in [-0.2, 0) is 0 Å². The smallest absolute Gasteiger partial charge is 0.155 e. The molecule has 0 unspecified atom stereocenters. The van der Waals surface area contributed by atoms with Gasteiger partial charge in [-0.25, -0.2) is 0 Å². The summed E-state index contributed by atoms with van der Waals surface area (Å²) in [5, 5.41) is 11.2. The van der Waals surface area contributed by atoms with Gasteiger partial charge in [0.2, 0.25) is 0 Å². The number of aromatic nitrogens is 2. The van der Waals surface area contributed by atoms with Gasteiger partial charge in [0.25, 0.3) is 0 Å². The molecule has 0 amide bonds. The third-order valence-corrected chi connectivity index (χ3v) is 1.84. The van der Waals surface area contributed by atoms with E-state index in [1.54, 1.807) is 0 Å². The topological polar surface area (TPSA) is 66.7 Å². The van der Waals surface area contributed by atoms with Crippen LogP contribution in [0.2, 0.25) is 0 Å². The maximum atomic E-state index is 5.38. The molecule has 0 atom stereocenters. The van der Waals surface area contributed by atoms with E-state index < -0.39 is 0 Å². The van der Waals surface area contributed by atoms with Crippen molar-refractivity contribution in [3.8, 4) is 0 Å². The first-order chi connectivity index (χ1) is 6.42. The van der Waals surface area contributed by atoms with Crippen LogP contribution in [0.5, 0.6) is 0 Å². The highest BCUT2D eigenvalue weighted by Crippen LogP contribution is 2.18. The molecule has 0 saturated carbocycles. The van der Waals surface area contributed by atoms with Gasteiger partial charge in [0.15, 0.2) is 5.82 Å². The number of anilines is 1. The molecule has 4 heteroatoms. The zero-order valence-electron chi connectivity index (χ0n) is 7.17. The van der Waals surface area contributed by atoms with Crippen LogP contribution in [0.4, 0.5) is 5.82 Å². The van der Waals surface area contributed by atoms with Gasteiger partial charge in [-0.3, -0.25) is 5.10 Å². The summed E-state index contributed by atoms with van der Waals surface area (Å²) in [5.74, 6) is 0.845. The van der Waals surface area contributed by atoms with Gasteiger partial charge in [0.1, 0.15) is 0 Å². The summed E-state index contributed by atoms with van der Waals surface area (Å²) in [7, 11) is 0. The molecule has 2 aromatic rings. The van der Waals surface area contributed by atoms with Crippen molar-refractivity contribution in [3.63, 3.8) is 0 Å². The van der Waals surface area contributed by atoms with Gasteiger partial charge in [-0.2, -0.15) is 5.10 Å². The first-order valence-corrected chi connectivity index (χ1v) is 4.20. The molecule has 0 fully saturated rings. The lowest BCUT2D eigenvalue weighted by atomic mass is 10.2. The van der Waals surface area contributed by atoms with E-state index in [0.717, 1.165) is 23.3 Å². The second kappa shape index (κ2) is 3.45. The highest BCUT2D eigenvalue weighted by molar-refractivity contribution is 5.89. The maximum Gasteiger partial charge on any atom is 0.155 e. The molecule has 1 heterocycles. The van der Waals surface area contributed by atoms with E-state index >= 15 is 0 Å². The van der Waals surface area contributed by atoms with Crippen LogP contribution in [-0.4, -0.2) is 23.3 Å². The molecule has 0 bridgehead atoms. The zero-order valence-corrected chi connectivity index (χ0v) is 7.17. The maximum absolute atomic E-state index is 5.38. The highest BCUT2D eigenvalue weighted by Gasteiger charge is 2.01. The van der Waals surface area contributed by atoms with Crippen LogP contribution >= 0.6 is 0 Å². The lowest BCUT2D eigenvalue weighted by molar-refractivity contribution is 1.00. The predicted molar refractivity (Wildman–Crippen MR) is 52.5 cm³/mol. The molecule has 67 valence electrons. The number of hydrogen-bond acceptors (Lipinski definition) is 3. The van der Waals surface area contributed by atoms with Gasteiger partial charge in [0, 0.05) is 18.5 Å². The number of aromatic amines is 1. The monoisotopic (exact) mass is 175 g/mol. The summed E-state index contributed by atoms with van der Waals surface area (Å²) in [6.07, 6.45) is 0. The summed E-state index contributed by atoms with van der Waals surface area (Å²) < 4.78 is 0. The minimum absolute atomic E-state index is 0.602. The number of H-pyrrole nitrogens is 1. The first kappa shape index (κ1) is 8.07. The van der Waals surface area contributed by atoms with Gasteiger partial charge in [-0.05, 0) is 18.2 Å². The number of nitrogens with one attached hydrogen (secondary N) is 2. The SMILES string of the molecule is NCCNc1n[nH]c2cc[c]cc12. The van der Waals surface area contributed by atoms with Crippen molar-refractivity contribution < 1.29 is 0 Å². The number of rotatable bonds is 3. The lowest BCUT2D eigenvalue weighted by Gasteiger charge is -1.98. The predicted octanol–water partition coefficient (Wildman–Crippen LogP) is 0.734. The van der Waals surface area contributed by atoms with Crippen LogP contribution in [0.15, 0.2) is 18.2 Å². The molecule has 1 aromatic heterocycles. The van der Waals surface area contributed by atoms with E-state index in [2.05, 4.69) is 21.6 Å². The van der Waals surface area contributed by atoms with E-state index in [9.17, 15) is 0 Å². The number of nitrogens with two attached hydrogens (primary N) is 1. The molecule has 0 aliphatic rings. The Balaban J connectivity index is 2.35. The molecular formula is C9H11N4. The minimum Gasteiger partial charge on any atom is -0.367 e. The summed E-state index contributed by atoms with van der Waals surface area (Å²) in [5.41, 5.74) is 6.39. The molecule has 2 rings (SSSR count). The van der Waals surface area contributed by atoms with E-state index in [-0.39, 0.29) is 0 Å². The number of hydrogen-bond donors (Lipinski definition) is 3. The van der Waals surface area contributed by atoms with E-state index in [4.69, 9.17) is 5.73 Å². The second-order valence-corrected chi connectivity index (χ2v) is 2.76. The van der Waals surface area contributed by atoms with Gasteiger partial charge in [0.05, 0.1) is 5.52 Å². The van der Waals surface area contributed by atoms with E-state index in [1.165, 1.54) is 0 Å². The van der Waals surface area contributed by atoms with E-state index in [0.29, 0.717) is 6.54 Å². The Bertz CT molecular complexity index is 393. The quantitative estimate of drug-likeness (QED) is 0.644. The summed E-state index contributed by atoms with van der Waals surface area (Å²) in [4.78, 5) is 0. The Morgan fingerprint density at radius 2 is 2.54 bits per heavy atom. The average Bonchev–Trinajstić information content (AvgIpc) is 2.58. The molecule has 13 heavy (non-hydrogen) atoms. The first-order valence-electron chi connectivity index (χ1n) is 4.20. The van der Waals surface area contributed by atoms with Crippen molar-refractivity contribution in [2.24, 2.45) is 5.73 Å². The van der Waals surface area contributed by atoms with Crippen LogP contribution < -0.4 is 11.1 Å². The largest absolute Gasteiger partial charge is 0.367 e. The van der Waals surface area contributed by atoms with Crippen LogP contribution in [0.1, 0.15) is 0 Å². The molecule has 4 N–H and O–H groups in total. The standard InChI is InChI=1S/C9H11N4/c10-5-6-11-9-7-3-1-2-4-8(7)12-13-9/h2-4H,5-6,10H2,(H2,11,12,13). The van der Waals surface area contributed by atoms with Gasteiger partial charge in [-0.1, -0.05) is 6.07 Å². The van der Waals surface area contributed by atoms with Gasteiger partial charge < -0.3 is 11.1 Å². The van der Waals surface area contributed by atoms with Crippen LogP contribution in [0.3, 0.4) is 0 Å². The van der Waals surface area contributed by atoms with Gasteiger partial charge >= 0.3 is 0 Å². The van der Waals surface area contributed by atoms with Crippen molar-refractivity contribution in [3.05, 3.63) is 24.3 Å². The molecule has 0 aliphatic heterocycles. The average molecular weight is 175 g/mol. The van der Waals surface area contributed by atoms with E-state index in [1.807, 2.05) is 18.2 Å². The zero-order chi connectivity index (χ0) is 9.10. The third-order valence-electron chi connectivity index (χ3n) is 1.84. The van der Waals surface area contributed by atoms with Crippen molar-refractivity contribution in [1.29, 1.82) is 0 Å². The van der Waals surface area contributed by atoms with Crippen molar-refractivity contribution in [2.45, 2.75) is 0 Å². The normalized spacial score (nSPS) is 10.5. The Morgan fingerprint density at radius 1 is 1.62 bits per heavy atom. The molecule has 1 aromatic carbocycles. The Morgan fingerprint density at radius 3 is 3.38 bits per heavy atom. The van der Waals surface area contributed by atoms with Crippen molar-refractivity contribution in [2.75, 3.05) is 18.4 Å². The molecule has 0 saturated heterocycles.